The average Bonchev–Trinajstić information content (AvgIpc) is 2.93. The van der Waals surface area contributed by atoms with Gasteiger partial charge in [-0.1, -0.05) is 38.0 Å². The third-order valence-electron chi connectivity index (χ3n) is 7.50. The van der Waals surface area contributed by atoms with Crippen LogP contribution in [-0.2, 0) is 9.59 Å². The average molecular weight is 324 g/mol. The molecule has 0 aromatic carbocycles. The zero-order valence-electron chi connectivity index (χ0n) is 15.2. The van der Waals surface area contributed by atoms with Crippen LogP contribution in [0.5, 0.6) is 0 Å². The van der Waals surface area contributed by atoms with Gasteiger partial charge in [-0.2, -0.15) is 0 Å². The van der Waals surface area contributed by atoms with Gasteiger partial charge in [0.1, 0.15) is 5.78 Å². The van der Waals surface area contributed by atoms with Gasteiger partial charge < -0.3 is 0 Å². The molecule has 24 heavy (non-hydrogen) atoms. The molecule has 0 spiro atoms. The Morgan fingerprint density at radius 3 is 2.75 bits per heavy atom. The molecule has 3 atom stereocenters. The number of hydrogen-bond acceptors (Lipinski definition) is 2. The van der Waals surface area contributed by atoms with Crippen molar-refractivity contribution in [1.29, 1.82) is 0 Å². The van der Waals surface area contributed by atoms with Gasteiger partial charge in [0.2, 0.25) is 0 Å². The molecule has 0 aromatic heterocycles. The zero-order chi connectivity index (χ0) is 17.1. The number of ketones is 2. The van der Waals surface area contributed by atoms with Crippen LogP contribution in [0, 0.1) is 16.7 Å². The molecule has 0 aliphatic heterocycles. The van der Waals surface area contributed by atoms with E-state index in [0.717, 1.165) is 38.5 Å². The van der Waals surface area contributed by atoms with Crippen LogP contribution in [0.25, 0.3) is 0 Å². The maximum Gasteiger partial charge on any atom is 0.155 e. The third kappa shape index (κ3) is 1.89. The summed E-state index contributed by atoms with van der Waals surface area (Å²) in [5.41, 5.74) is 5.61. The molecule has 0 amide bonds. The van der Waals surface area contributed by atoms with Crippen LogP contribution < -0.4 is 0 Å². The first kappa shape index (κ1) is 16.1. The van der Waals surface area contributed by atoms with Gasteiger partial charge in [0.15, 0.2) is 5.78 Å². The van der Waals surface area contributed by atoms with Gasteiger partial charge in [0.05, 0.1) is 5.41 Å². The van der Waals surface area contributed by atoms with E-state index in [1.54, 1.807) is 5.57 Å². The lowest BCUT2D eigenvalue weighted by atomic mass is 9.53. The minimum absolute atomic E-state index is 0.0651. The van der Waals surface area contributed by atoms with Gasteiger partial charge in [0.25, 0.3) is 0 Å². The number of fused-ring (bicyclic) bond motifs is 4. The first-order valence-corrected chi connectivity index (χ1v) is 9.64. The third-order valence-corrected chi connectivity index (χ3v) is 7.50. The molecule has 4 aliphatic rings. The van der Waals surface area contributed by atoms with Crippen molar-refractivity contribution in [2.75, 3.05) is 0 Å². The maximum absolute atomic E-state index is 12.9. The fourth-order valence-electron chi connectivity index (χ4n) is 6.04. The fraction of sp³-hybridized carbons (Fsp3) is 0.636. The first-order chi connectivity index (χ1) is 11.4. The van der Waals surface area contributed by atoms with E-state index in [1.807, 2.05) is 13.0 Å². The second-order valence-corrected chi connectivity index (χ2v) is 8.43. The fourth-order valence-corrected chi connectivity index (χ4v) is 6.04. The molecule has 0 bridgehead atoms. The van der Waals surface area contributed by atoms with E-state index in [1.165, 1.54) is 16.7 Å². The molecule has 0 saturated heterocycles. The molecule has 4 rings (SSSR count). The van der Waals surface area contributed by atoms with Crippen molar-refractivity contribution in [3.8, 4) is 0 Å². The van der Waals surface area contributed by atoms with E-state index in [2.05, 4.69) is 19.9 Å². The van der Waals surface area contributed by atoms with Gasteiger partial charge >= 0.3 is 0 Å². The Labute approximate surface area is 145 Å². The topological polar surface area (TPSA) is 34.1 Å². The highest BCUT2D eigenvalue weighted by Crippen LogP contribution is 2.62. The summed E-state index contributed by atoms with van der Waals surface area (Å²) in [6, 6.07) is 0. The van der Waals surface area contributed by atoms with E-state index in [9.17, 15) is 9.59 Å². The van der Waals surface area contributed by atoms with Crippen LogP contribution in [0.1, 0.15) is 72.1 Å². The monoisotopic (exact) mass is 324 g/mol. The highest BCUT2D eigenvalue weighted by Gasteiger charge is 2.54. The quantitative estimate of drug-likeness (QED) is 0.708. The van der Waals surface area contributed by atoms with Crippen molar-refractivity contribution in [1.82, 2.24) is 0 Å². The molecule has 4 aliphatic carbocycles. The van der Waals surface area contributed by atoms with Gasteiger partial charge in [-0.05, 0) is 61.7 Å². The SMILES string of the molecule is CCC(=O)C12CCC3=C(CCC4=CC(=O)CCC43C)C1=CCC2C. The Kier molecular flexibility index (Phi) is 3.53. The summed E-state index contributed by atoms with van der Waals surface area (Å²) >= 11 is 0. The van der Waals surface area contributed by atoms with E-state index < -0.39 is 0 Å². The second kappa shape index (κ2) is 5.28. The smallest absolute Gasteiger partial charge is 0.155 e. The van der Waals surface area contributed by atoms with Gasteiger partial charge in [-0.15, -0.1) is 0 Å². The lowest BCUT2D eigenvalue weighted by Crippen LogP contribution is -2.42. The second-order valence-electron chi connectivity index (χ2n) is 8.43. The summed E-state index contributed by atoms with van der Waals surface area (Å²) in [6.07, 6.45) is 11.6. The van der Waals surface area contributed by atoms with Crippen LogP contribution in [0.15, 0.2) is 34.4 Å². The van der Waals surface area contributed by atoms with Crippen molar-refractivity contribution in [2.24, 2.45) is 16.7 Å². The van der Waals surface area contributed by atoms with E-state index >= 15 is 0 Å². The number of Topliss-reactive ketones (excluding diaryl/α,β-unsaturated/α-hetero) is 1. The molecular weight excluding hydrogens is 296 g/mol. The van der Waals surface area contributed by atoms with Crippen molar-refractivity contribution >= 4 is 11.6 Å². The lowest BCUT2D eigenvalue weighted by molar-refractivity contribution is -0.129. The number of carbonyl (C=O) groups excluding carboxylic acids is 2. The largest absolute Gasteiger partial charge is 0.299 e. The summed E-state index contributed by atoms with van der Waals surface area (Å²) in [4.78, 5) is 24.8. The van der Waals surface area contributed by atoms with Crippen LogP contribution in [0.3, 0.4) is 0 Å². The van der Waals surface area contributed by atoms with E-state index in [-0.39, 0.29) is 10.8 Å². The molecule has 0 heterocycles. The standard InChI is InChI=1S/C22H28O2/c1-4-20(24)22-12-10-18-17(19(22)8-5-14(22)2)7-6-15-13-16(23)9-11-21(15,18)3/h8,13-14H,4-7,9-12H2,1-3H3. The molecule has 0 saturated carbocycles. The van der Waals surface area contributed by atoms with Crippen LogP contribution in [-0.4, -0.2) is 11.6 Å². The number of allylic oxidation sites excluding steroid dienone is 6. The Bertz CT molecular complexity index is 720. The van der Waals surface area contributed by atoms with Crippen LogP contribution in [0.2, 0.25) is 0 Å². The number of hydrogen-bond donors (Lipinski definition) is 0. The minimum Gasteiger partial charge on any atom is -0.299 e. The molecule has 2 heteroatoms. The summed E-state index contributed by atoms with van der Waals surface area (Å²) in [6.45, 7) is 6.62. The number of carbonyl (C=O) groups is 2. The molecule has 0 fully saturated rings. The molecule has 0 aromatic rings. The Morgan fingerprint density at radius 2 is 2.00 bits per heavy atom. The summed E-state index contributed by atoms with van der Waals surface area (Å²) in [7, 11) is 0. The summed E-state index contributed by atoms with van der Waals surface area (Å²) in [5.74, 6) is 1.17. The Balaban J connectivity index is 1.84. The van der Waals surface area contributed by atoms with Crippen molar-refractivity contribution in [3.05, 3.63) is 34.4 Å². The van der Waals surface area contributed by atoms with Crippen molar-refractivity contribution < 1.29 is 9.59 Å². The molecule has 0 radical (unpaired) electrons. The molecule has 2 nitrogen and oxygen atoms in total. The van der Waals surface area contributed by atoms with Crippen LogP contribution >= 0.6 is 0 Å². The maximum atomic E-state index is 12.9. The molecule has 3 unspecified atom stereocenters. The predicted octanol–water partition coefficient (Wildman–Crippen LogP) is 5.10. The zero-order valence-corrected chi connectivity index (χ0v) is 15.2. The summed E-state index contributed by atoms with van der Waals surface area (Å²) in [5, 5.41) is 0. The van der Waals surface area contributed by atoms with E-state index in [0.29, 0.717) is 30.3 Å². The Morgan fingerprint density at radius 1 is 1.21 bits per heavy atom. The first-order valence-electron chi connectivity index (χ1n) is 9.64. The van der Waals surface area contributed by atoms with Gasteiger partial charge in [-0.25, -0.2) is 0 Å². The van der Waals surface area contributed by atoms with Crippen molar-refractivity contribution in [2.45, 2.75) is 72.1 Å². The highest BCUT2D eigenvalue weighted by molar-refractivity contribution is 5.93. The normalized spacial score (nSPS) is 38.1. The predicted molar refractivity (Wildman–Crippen MR) is 95.5 cm³/mol. The van der Waals surface area contributed by atoms with E-state index in [4.69, 9.17) is 0 Å². The lowest BCUT2D eigenvalue weighted by Gasteiger charge is -2.49. The highest BCUT2D eigenvalue weighted by atomic mass is 16.1. The number of rotatable bonds is 2. The molecule has 0 N–H and O–H groups in total. The molecular formula is C22H28O2. The molecule has 128 valence electrons. The summed E-state index contributed by atoms with van der Waals surface area (Å²) < 4.78 is 0. The van der Waals surface area contributed by atoms with Crippen molar-refractivity contribution in [3.63, 3.8) is 0 Å². The Hall–Kier alpha value is -1.44. The van der Waals surface area contributed by atoms with Gasteiger partial charge in [-0.3, -0.25) is 9.59 Å². The minimum atomic E-state index is -0.213. The van der Waals surface area contributed by atoms with Gasteiger partial charge in [0, 0.05) is 18.3 Å². The van der Waals surface area contributed by atoms with Crippen LogP contribution in [0.4, 0.5) is 0 Å².